The van der Waals surface area contributed by atoms with Crippen LogP contribution in [0.2, 0.25) is 0 Å². The molecule has 0 saturated heterocycles. The molecule has 0 fully saturated rings. The van der Waals surface area contributed by atoms with Gasteiger partial charge in [0.25, 0.3) is 0 Å². The standard InChI is InChI=1S/C17H18N4S2/c1-12-5-4-6-13(2)16(12)21-17(18-19-20-21)23-11-14-7-9-15(22-3)10-8-14/h4-10H,11H2,1-3H3. The van der Waals surface area contributed by atoms with Crippen LogP contribution < -0.4 is 0 Å². The van der Waals surface area contributed by atoms with E-state index in [-0.39, 0.29) is 0 Å². The third-order valence-corrected chi connectivity index (χ3v) is 5.35. The highest BCUT2D eigenvalue weighted by molar-refractivity contribution is 7.98. The van der Waals surface area contributed by atoms with E-state index < -0.39 is 0 Å². The molecule has 3 rings (SSSR count). The maximum Gasteiger partial charge on any atom is 0.214 e. The second-order valence-corrected chi connectivity index (χ2v) is 7.07. The van der Waals surface area contributed by atoms with Gasteiger partial charge in [-0.05, 0) is 59.4 Å². The number of thioether (sulfide) groups is 2. The van der Waals surface area contributed by atoms with E-state index in [1.165, 1.54) is 21.6 Å². The van der Waals surface area contributed by atoms with E-state index in [1.807, 2.05) is 4.68 Å². The molecule has 3 aromatic rings. The molecule has 0 radical (unpaired) electrons. The first-order valence-corrected chi connectivity index (χ1v) is 9.51. The van der Waals surface area contributed by atoms with Crippen molar-refractivity contribution in [2.24, 2.45) is 0 Å². The molecule has 23 heavy (non-hydrogen) atoms. The molecule has 0 bridgehead atoms. The highest BCUT2D eigenvalue weighted by Gasteiger charge is 2.13. The molecule has 0 amide bonds. The Morgan fingerprint density at radius 1 is 1.00 bits per heavy atom. The van der Waals surface area contributed by atoms with Crippen molar-refractivity contribution in [2.45, 2.75) is 29.7 Å². The molecule has 0 aliphatic heterocycles. The van der Waals surface area contributed by atoms with Gasteiger partial charge in [0.05, 0.1) is 5.69 Å². The number of nitrogens with zero attached hydrogens (tertiary/aromatic N) is 4. The van der Waals surface area contributed by atoms with E-state index in [0.717, 1.165) is 16.6 Å². The van der Waals surface area contributed by atoms with Crippen LogP contribution in [0.5, 0.6) is 0 Å². The van der Waals surface area contributed by atoms with Gasteiger partial charge in [-0.3, -0.25) is 0 Å². The van der Waals surface area contributed by atoms with E-state index in [4.69, 9.17) is 0 Å². The van der Waals surface area contributed by atoms with Crippen LogP contribution in [0.3, 0.4) is 0 Å². The van der Waals surface area contributed by atoms with Crippen LogP contribution in [0.15, 0.2) is 52.5 Å². The number of tetrazole rings is 1. The molecule has 6 heteroatoms. The number of hydrogen-bond acceptors (Lipinski definition) is 5. The van der Waals surface area contributed by atoms with Crippen LogP contribution in [0.1, 0.15) is 16.7 Å². The van der Waals surface area contributed by atoms with Crippen LogP contribution in [0.4, 0.5) is 0 Å². The van der Waals surface area contributed by atoms with Gasteiger partial charge < -0.3 is 0 Å². The highest BCUT2D eigenvalue weighted by Crippen LogP contribution is 2.26. The Morgan fingerprint density at radius 3 is 2.35 bits per heavy atom. The summed E-state index contributed by atoms with van der Waals surface area (Å²) in [6, 6.07) is 14.8. The molecular formula is C17H18N4S2. The summed E-state index contributed by atoms with van der Waals surface area (Å²) < 4.78 is 1.84. The Morgan fingerprint density at radius 2 is 1.70 bits per heavy atom. The predicted octanol–water partition coefficient (Wildman–Crippen LogP) is 4.29. The van der Waals surface area contributed by atoms with Crippen molar-refractivity contribution in [1.29, 1.82) is 0 Å². The van der Waals surface area contributed by atoms with E-state index in [9.17, 15) is 0 Å². The molecule has 1 heterocycles. The van der Waals surface area contributed by atoms with Gasteiger partial charge in [0.1, 0.15) is 0 Å². The van der Waals surface area contributed by atoms with Gasteiger partial charge in [0, 0.05) is 10.6 Å². The molecule has 2 aromatic carbocycles. The van der Waals surface area contributed by atoms with E-state index in [2.05, 4.69) is 78.1 Å². The van der Waals surface area contributed by atoms with Crippen molar-refractivity contribution < 1.29 is 0 Å². The average molecular weight is 342 g/mol. The largest absolute Gasteiger partial charge is 0.214 e. The lowest BCUT2D eigenvalue weighted by molar-refractivity contribution is 0.747. The van der Waals surface area contributed by atoms with Crippen molar-refractivity contribution >= 4 is 23.5 Å². The smallest absolute Gasteiger partial charge is 0.187 e. The molecular weight excluding hydrogens is 324 g/mol. The Balaban J connectivity index is 1.81. The highest BCUT2D eigenvalue weighted by atomic mass is 32.2. The second-order valence-electron chi connectivity index (χ2n) is 5.25. The summed E-state index contributed by atoms with van der Waals surface area (Å²) in [5.74, 6) is 0.847. The molecule has 0 N–H and O–H groups in total. The lowest BCUT2D eigenvalue weighted by Gasteiger charge is -2.10. The summed E-state index contributed by atoms with van der Waals surface area (Å²) in [6.07, 6.45) is 2.09. The third kappa shape index (κ3) is 3.59. The molecule has 0 saturated carbocycles. The van der Waals surface area contributed by atoms with E-state index >= 15 is 0 Å². The molecule has 4 nitrogen and oxygen atoms in total. The summed E-state index contributed by atoms with van der Waals surface area (Å²) in [5.41, 5.74) is 4.67. The first-order valence-electron chi connectivity index (χ1n) is 7.29. The molecule has 0 unspecified atom stereocenters. The van der Waals surface area contributed by atoms with Crippen LogP contribution in [-0.2, 0) is 5.75 Å². The first-order chi connectivity index (χ1) is 11.2. The van der Waals surface area contributed by atoms with Crippen molar-refractivity contribution in [1.82, 2.24) is 20.2 Å². The van der Waals surface area contributed by atoms with Crippen LogP contribution in [-0.4, -0.2) is 26.5 Å². The Bertz CT molecular complexity index is 776. The van der Waals surface area contributed by atoms with Gasteiger partial charge in [-0.25, -0.2) is 0 Å². The maximum atomic E-state index is 4.18. The van der Waals surface area contributed by atoms with Crippen molar-refractivity contribution in [3.05, 3.63) is 59.2 Å². The molecule has 0 aliphatic rings. The molecule has 0 aliphatic carbocycles. The average Bonchev–Trinajstić information content (AvgIpc) is 3.01. The minimum atomic E-state index is 0.816. The van der Waals surface area contributed by atoms with Gasteiger partial charge in [0.2, 0.25) is 5.16 Å². The van der Waals surface area contributed by atoms with Crippen molar-refractivity contribution in [2.75, 3.05) is 6.26 Å². The first kappa shape index (κ1) is 16.1. The lowest BCUT2D eigenvalue weighted by atomic mass is 10.1. The molecule has 1 aromatic heterocycles. The van der Waals surface area contributed by atoms with Gasteiger partial charge in [-0.1, -0.05) is 42.1 Å². The van der Waals surface area contributed by atoms with Crippen LogP contribution in [0, 0.1) is 13.8 Å². The number of rotatable bonds is 5. The van der Waals surface area contributed by atoms with Crippen LogP contribution >= 0.6 is 23.5 Å². The summed E-state index contributed by atoms with van der Waals surface area (Å²) in [4.78, 5) is 1.28. The van der Waals surface area contributed by atoms with E-state index in [0.29, 0.717) is 0 Å². The fraction of sp³-hybridized carbons (Fsp3) is 0.235. The quantitative estimate of drug-likeness (QED) is 0.647. The minimum Gasteiger partial charge on any atom is -0.187 e. The fourth-order valence-electron chi connectivity index (χ4n) is 2.42. The van der Waals surface area contributed by atoms with Gasteiger partial charge in [-0.2, -0.15) is 4.68 Å². The zero-order chi connectivity index (χ0) is 16.2. The monoisotopic (exact) mass is 342 g/mol. The minimum absolute atomic E-state index is 0.816. The molecule has 118 valence electrons. The number of benzene rings is 2. The van der Waals surface area contributed by atoms with Crippen LogP contribution in [0.25, 0.3) is 5.69 Å². The Labute approximate surface area is 144 Å². The van der Waals surface area contributed by atoms with Gasteiger partial charge in [-0.15, -0.1) is 16.9 Å². The number of aryl methyl sites for hydroxylation is 2. The number of hydrogen-bond donors (Lipinski definition) is 0. The fourth-order valence-corrected chi connectivity index (χ4v) is 3.66. The zero-order valence-electron chi connectivity index (χ0n) is 13.4. The SMILES string of the molecule is CSc1ccc(CSc2nnnn2-c2c(C)cccc2C)cc1. The lowest BCUT2D eigenvalue weighted by Crippen LogP contribution is -2.04. The molecule has 0 spiro atoms. The van der Waals surface area contributed by atoms with Crippen molar-refractivity contribution in [3.8, 4) is 5.69 Å². The van der Waals surface area contributed by atoms with Crippen molar-refractivity contribution in [3.63, 3.8) is 0 Å². The van der Waals surface area contributed by atoms with E-state index in [1.54, 1.807) is 23.5 Å². The molecule has 0 atom stereocenters. The summed E-state index contributed by atoms with van der Waals surface area (Å²) in [5, 5.41) is 13.0. The summed E-state index contributed by atoms with van der Waals surface area (Å²) >= 11 is 3.41. The van der Waals surface area contributed by atoms with Gasteiger partial charge in [0.15, 0.2) is 0 Å². The maximum absolute atomic E-state index is 4.18. The number of para-hydroxylation sites is 1. The predicted molar refractivity (Wildman–Crippen MR) is 96.4 cm³/mol. The third-order valence-electron chi connectivity index (χ3n) is 3.62. The number of aromatic nitrogens is 4. The Hall–Kier alpha value is -1.79. The second kappa shape index (κ2) is 7.19. The zero-order valence-corrected chi connectivity index (χ0v) is 15.0. The summed E-state index contributed by atoms with van der Waals surface area (Å²) in [7, 11) is 0. The summed E-state index contributed by atoms with van der Waals surface area (Å²) in [6.45, 7) is 4.17. The topological polar surface area (TPSA) is 43.6 Å². The van der Waals surface area contributed by atoms with Gasteiger partial charge >= 0.3 is 0 Å². The Kier molecular flexibility index (Phi) is 5.03. The normalized spacial score (nSPS) is 10.9.